The molecule has 1 aliphatic rings. The molecular formula is C18H29NO2. The molecule has 0 unspecified atom stereocenters. The maximum Gasteiger partial charge on any atom is 0.123 e. The molecule has 1 fully saturated rings. The van der Waals surface area contributed by atoms with E-state index in [0.29, 0.717) is 0 Å². The molecule has 3 nitrogen and oxygen atoms in total. The smallest absolute Gasteiger partial charge is 0.123 e. The van der Waals surface area contributed by atoms with E-state index in [9.17, 15) is 0 Å². The number of morpholine rings is 1. The highest BCUT2D eigenvalue weighted by molar-refractivity contribution is 5.38. The summed E-state index contributed by atoms with van der Waals surface area (Å²) in [6.45, 7) is 12.6. The zero-order valence-corrected chi connectivity index (χ0v) is 13.7. The van der Waals surface area contributed by atoms with Crippen molar-refractivity contribution in [3.8, 4) is 5.75 Å². The van der Waals surface area contributed by atoms with Gasteiger partial charge in [-0.15, -0.1) is 0 Å². The topological polar surface area (TPSA) is 21.7 Å². The van der Waals surface area contributed by atoms with Gasteiger partial charge in [-0.2, -0.15) is 0 Å². The van der Waals surface area contributed by atoms with Crippen LogP contribution >= 0.6 is 0 Å². The maximum absolute atomic E-state index is 6.01. The van der Waals surface area contributed by atoms with E-state index in [1.165, 1.54) is 12.0 Å². The van der Waals surface area contributed by atoms with Gasteiger partial charge in [-0.25, -0.2) is 0 Å². The van der Waals surface area contributed by atoms with E-state index >= 15 is 0 Å². The number of ether oxygens (including phenoxy) is 2. The molecule has 1 saturated heterocycles. The molecule has 3 heteroatoms. The van der Waals surface area contributed by atoms with Gasteiger partial charge < -0.3 is 9.47 Å². The summed E-state index contributed by atoms with van der Waals surface area (Å²) in [6.07, 6.45) is 2.30. The lowest BCUT2D eigenvalue weighted by atomic mass is 9.86. The van der Waals surface area contributed by atoms with Crippen LogP contribution < -0.4 is 4.74 Å². The summed E-state index contributed by atoms with van der Waals surface area (Å²) in [7, 11) is 0. The van der Waals surface area contributed by atoms with Crippen LogP contribution in [0.25, 0.3) is 0 Å². The molecule has 0 spiro atoms. The van der Waals surface area contributed by atoms with Crippen LogP contribution in [0.3, 0.4) is 0 Å². The Labute approximate surface area is 129 Å². The van der Waals surface area contributed by atoms with Crippen LogP contribution in [0.15, 0.2) is 24.3 Å². The Kier molecular flexibility index (Phi) is 6.07. The van der Waals surface area contributed by atoms with Gasteiger partial charge in [0.2, 0.25) is 0 Å². The minimum absolute atomic E-state index is 0.129. The molecular weight excluding hydrogens is 262 g/mol. The molecule has 0 saturated carbocycles. The first-order valence-corrected chi connectivity index (χ1v) is 8.10. The summed E-state index contributed by atoms with van der Waals surface area (Å²) < 4.78 is 11.4. The number of benzene rings is 1. The first-order chi connectivity index (χ1) is 10.1. The van der Waals surface area contributed by atoms with Crippen molar-refractivity contribution in [2.75, 3.05) is 39.5 Å². The van der Waals surface area contributed by atoms with E-state index in [1.807, 2.05) is 0 Å². The first-order valence-electron chi connectivity index (χ1n) is 8.10. The molecule has 0 radical (unpaired) electrons. The zero-order valence-electron chi connectivity index (χ0n) is 13.7. The third-order valence-corrected chi connectivity index (χ3v) is 3.93. The molecule has 1 aromatic carbocycles. The third kappa shape index (κ3) is 5.33. The van der Waals surface area contributed by atoms with Crippen molar-refractivity contribution in [1.29, 1.82) is 0 Å². The second-order valence-corrected chi connectivity index (χ2v) is 6.76. The van der Waals surface area contributed by atoms with Gasteiger partial charge >= 0.3 is 0 Å². The van der Waals surface area contributed by atoms with E-state index in [2.05, 4.69) is 49.9 Å². The Morgan fingerprint density at radius 3 is 2.52 bits per heavy atom. The lowest BCUT2D eigenvalue weighted by molar-refractivity contribution is 0.0368. The van der Waals surface area contributed by atoms with Crippen molar-refractivity contribution in [2.45, 2.75) is 39.0 Å². The summed E-state index contributed by atoms with van der Waals surface area (Å²) in [5.41, 5.74) is 1.42. The third-order valence-electron chi connectivity index (χ3n) is 3.93. The molecule has 1 heterocycles. The predicted octanol–water partition coefficient (Wildman–Crippen LogP) is 3.48. The predicted molar refractivity (Wildman–Crippen MR) is 87.1 cm³/mol. The van der Waals surface area contributed by atoms with Crippen molar-refractivity contribution < 1.29 is 9.47 Å². The van der Waals surface area contributed by atoms with E-state index < -0.39 is 0 Å². The second kappa shape index (κ2) is 7.81. The maximum atomic E-state index is 6.01. The minimum atomic E-state index is 0.129. The molecule has 2 rings (SSSR count). The zero-order chi connectivity index (χ0) is 15.1. The van der Waals surface area contributed by atoms with Gasteiger partial charge in [-0.3, -0.25) is 4.90 Å². The Morgan fingerprint density at radius 1 is 1.10 bits per heavy atom. The van der Waals surface area contributed by atoms with Crippen molar-refractivity contribution >= 4 is 0 Å². The molecule has 21 heavy (non-hydrogen) atoms. The molecule has 0 aliphatic carbocycles. The standard InChI is InChI=1S/C18H29NO2/c1-18(2,3)16-8-4-5-9-17(16)21-13-7-6-10-19-11-14-20-15-12-19/h4-5,8-9H,6-7,10-15H2,1-3H3. The van der Waals surface area contributed by atoms with Gasteiger partial charge in [-0.05, 0) is 36.4 Å². The summed E-state index contributed by atoms with van der Waals surface area (Å²) in [6, 6.07) is 8.40. The fourth-order valence-corrected chi connectivity index (χ4v) is 2.66. The Morgan fingerprint density at radius 2 is 1.81 bits per heavy atom. The first kappa shape index (κ1) is 16.3. The number of nitrogens with zero attached hydrogens (tertiary/aromatic N) is 1. The highest BCUT2D eigenvalue weighted by atomic mass is 16.5. The molecule has 0 bridgehead atoms. The quantitative estimate of drug-likeness (QED) is 0.749. The van der Waals surface area contributed by atoms with Crippen molar-refractivity contribution in [3.05, 3.63) is 29.8 Å². The molecule has 0 amide bonds. The van der Waals surface area contributed by atoms with Crippen LogP contribution in [0.1, 0.15) is 39.2 Å². The SMILES string of the molecule is CC(C)(C)c1ccccc1OCCCCN1CCOCC1. The van der Waals surface area contributed by atoms with Crippen LogP contribution in [0.2, 0.25) is 0 Å². The molecule has 0 N–H and O–H groups in total. The Balaban J connectivity index is 1.71. The second-order valence-electron chi connectivity index (χ2n) is 6.76. The highest BCUT2D eigenvalue weighted by Gasteiger charge is 2.18. The summed E-state index contributed by atoms with van der Waals surface area (Å²) >= 11 is 0. The molecule has 1 aromatic rings. The average molecular weight is 291 g/mol. The van der Waals surface area contributed by atoms with Crippen LogP contribution in [0, 0.1) is 0 Å². The summed E-state index contributed by atoms with van der Waals surface area (Å²) in [5.74, 6) is 1.04. The van der Waals surface area contributed by atoms with Gasteiger partial charge in [0.25, 0.3) is 0 Å². The van der Waals surface area contributed by atoms with Gasteiger partial charge in [0.1, 0.15) is 5.75 Å². The monoisotopic (exact) mass is 291 g/mol. The molecule has 0 aromatic heterocycles. The Bertz CT molecular complexity index is 419. The van der Waals surface area contributed by atoms with Gasteiger partial charge in [0.05, 0.1) is 19.8 Å². The van der Waals surface area contributed by atoms with E-state index in [1.54, 1.807) is 0 Å². The van der Waals surface area contributed by atoms with Crippen LogP contribution in [-0.4, -0.2) is 44.4 Å². The Hall–Kier alpha value is -1.06. The van der Waals surface area contributed by atoms with Gasteiger partial charge in [0.15, 0.2) is 0 Å². The van der Waals surface area contributed by atoms with Crippen molar-refractivity contribution in [1.82, 2.24) is 4.90 Å². The van der Waals surface area contributed by atoms with Crippen LogP contribution in [0.4, 0.5) is 0 Å². The molecule has 0 atom stereocenters. The molecule has 1 aliphatic heterocycles. The summed E-state index contributed by atoms with van der Waals surface area (Å²) in [4.78, 5) is 2.48. The number of hydrogen-bond acceptors (Lipinski definition) is 3. The largest absolute Gasteiger partial charge is 0.493 e. The van der Waals surface area contributed by atoms with E-state index in [-0.39, 0.29) is 5.41 Å². The van der Waals surface area contributed by atoms with Crippen LogP contribution in [-0.2, 0) is 10.2 Å². The number of hydrogen-bond donors (Lipinski definition) is 0. The highest BCUT2D eigenvalue weighted by Crippen LogP contribution is 2.30. The number of para-hydroxylation sites is 1. The lowest BCUT2D eigenvalue weighted by Crippen LogP contribution is -2.36. The van der Waals surface area contributed by atoms with Gasteiger partial charge in [-0.1, -0.05) is 39.0 Å². The number of rotatable bonds is 6. The molecule has 118 valence electrons. The lowest BCUT2D eigenvalue weighted by Gasteiger charge is -2.26. The minimum Gasteiger partial charge on any atom is -0.493 e. The van der Waals surface area contributed by atoms with Crippen molar-refractivity contribution in [3.63, 3.8) is 0 Å². The fourth-order valence-electron chi connectivity index (χ4n) is 2.66. The van der Waals surface area contributed by atoms with E-state index in [4.69, 9.17) is 9.47 Å². The summed E-state index contributed by atoms with van der Waals surface area (Å²) in [5, 5.41) is 0. The average Bonchev–Trinajstić information content (AvgIpc) is 2.47. The van der Waals surface area contributed by atoms with Crippen molar-refractivity contribution in [2.24, 2.45) is 0 Å². The fraction of sp³-hybridized carbons (Fsp3) is 0.667. The normalized spacial score (nSPS) is 16.9. The van der Waals surface area contributed by atoms with E-state index in [0.717, 1.165) is 51.6 Å². The van der Waals surface area contributed by atoms with Crippen LogP contribution in [0.5, 0.6) is 5.75 Å². The van der Waals surface area contributed by atoms with Gasteiger partial charge in [0, 0.05) is 13.1 Å². The number of unbranched alkanes of at least 4 members (excludes halogenated alkanes) is 1.